The number of imidazole rings is 1. The van der Waals surface area contributed by atoms with E-state index < -0.39 is 0 Å². The van der Waals surface area contributed by atoms with Gasteiger partial charge in [0.1, 0.15) is 6.33 Å². The molecule has 1 aromatic heterocycles. The van der Waals surface area contributed by atoms with Gasteiger partial charge in [0.15, 0.2) is 0 Å². The molecule has 0 spiro atoms. The predicted molar refractivity (Wildman–Crippen MR) is 75.2 cm³/mol. The molecular formula is C14H16ClN3O. The maximum Gasteiger partial charge on any atom is 0.329 e. The highest BCUT2D eigenvalue weighted by Crippen LogP contribution is 2.14. The number of hydrogen-bond donors (Lipinski definition) is 0. The van der Waals surface area contributed by atoms with Gasteiger partial charge in [0.05, 0.1) is 0 Å². The minimum absolute atomic E-state index is 0.0811. The number of nitrogens with zero attached hydrogens (tertiary/aromatic N) is 3. The standard InChI is InChI=1S/C14H16ClN3O/c1-11(2)18(14(19)17-8-7-16-10-17)9-12-3-5-13(15)6-4-12/h3-8,10-11H,9H2,1-2H3. The van der Waals surface area contributed by atoms with Crippen molar-refractivity contribution in [2.45, 2.75) is 26.4 Å². The fraction of sp³-hybridized carbons (Fsp3) is 0.286. The van der Waals surface area contributed by atoms with E-state index in [0.717, 1.165) is 5.56 Å². The van der Waals surface area contributed by atoms with Crippen molar-refractivity contribution in [3.05, 3.63) is 53.6 Å². The van der Waals surface area contributed by atoms with Gasteiger partial charge in [0, 0.05) is 30.0 Å². The van der Waals surface area contributed by atoms with Crippen LogP contribution in [0.15, 0.2) is 43.0 Å². The first-order valence-electron chi connectivity index (χ1n) is 6.11. The molecule has 1 aromatic carbocycles. The molecule has 1 amide bonds. The average molecular weight is 278 g/mol. The van der Waals surface area contributed by atoms with Crippen LogP contribution in [0.1, 0.15) is 19.4 Å². The Labute approximate surface area is 117 Å². The second-order valence-corrected chi connectivity index (χ2v) is 5.04. The van der Waals surface area contributed by atoms with Crippen LogP contribution in [0.2, 0.25) is 5.02 Å². The van der Waals surface area contributed by atoms with Gasteiger partial charge < -0.3 is 4.90 Å². The summed E-state index contributed by atoms with van der Waals surface area (Å²) in [6.45, 7) is 4.53. The van der Waals surface area contributed by atoms with E-state index in [0.29, 0.717) is 11.6 Å². The minimum Gasteiger partial charge on any atom is -0.317 e. The summed E-state index contributed by atoms with van der Waals surface area (Å²) in [5.41, 5.74) is 1.05. The zero-order valence-electron chi connectivity index (χ0n) is 11.0. The van der Waals surface area contributed by atoms with Gasteiger partial charge in [-0.1, -0.05) is 23.7 Å². The van der Waals surface area contributed by atoms with Crippen molar-refractivity contribution in [3.63, 3.8) is 0 Å². The Bertz CT molecular complexity index is 534. The summed E-state index contributed by atoms with van der Waals surface area (Å²) in [4.78, 5) is 18.0. The Morgan fingerprint density at radius 2 is 2.05 bits per heavy atom. The van der Waals surface area contributed by atoms with Gasteiger partial charge in [-0.15, -0.1) is 0 Å². The molecule has 0 saturated carbocycles. The first kappa shape index (κ1) is 13.6. The molecule has 0 aliphatic rings. The van der Waals surface area contributed by atoms with E-state index in [4.69, 9.17) is 11.6 Å². The number of carbonyl (C=O) groups excluding carboxylic acids is 1. The summed E-state index contributed by atoms with van der Waals surface area (Å²) in [7, 11) is 0. The van der Waals surface area contributed by atoms with E-state index in [9.17, 15) is 4.79 Å². The van der Waals surface area contributed by atoms with Crippen molar-refractivity contribution in [2.24, 2.45) is 0 Å². The molecule has 19 heavy (non-hydrogen) atoms. The van der Waals surface area contributed by atoms with Gasteiger partial charge in [0.2, 0.25) is 0 Å². The fourth-order valence-corrected chi connectivity index (χ4v) is 1.90. The molecule has 0 aliphatic heterocycles. The van der Waals surface area contributed by atoms with Crippen molar-refractivity contribution in [1.29, 1.82) is 0 Å². The maximum atomic E-state index is 12.3. The molecule has 0 aliphatic carbocycles. The first-order valence-corrected chi connectivity index (χ1v) is 6.49. The molecule has 2 aromatic rings. The highest BCUT2D eigenvalue weighted by Gasteiger charge is 2.18. The number of amides is 1. The highest BCUT2D eigenvalue weighted by atomic mass is 35.5. The van der Waals surface area contributed by atoms with Crippen molar-refractivity contribution in [3.8, 4) is 0 Å². The number of hydrogen-bond acceptors (Lipinski definition) is 2. The number of carbonyl (C=O) groups is 1. The smallest absolute Gasteiger partial charge is 0.317 e. The Morgan fingerprint density at radius 3 is 2.58 bits per heavy atom. The van der Waals surface area contributed by atoms with Crippen LogP contribution in [0.3, 0.4) is 0 Å². The summed E-state index contributed by atoms with van der Waals surface area (Å²) in [6.07, 6.45) is 4.76. The number of halogens is 1. The molecular weight excluding hydrogens is 262 g/mol. The van der Waals surface area contributed by atoms with E-state index >= 15 is 0 Å². The number of aromatic nitrogens is 2. The van der Waals surface area contributed by atoms with E-state index in [1.807, 2.05) is 38.1 Å². The van der Waals surface area contributed by atoms with Crippen LogP contribution in [0, 0.1) is 0 Å². The topological polar surface area (TPSA) is 38.1 Å². The van der Waals surface area contributed by atoms with Crippen LogP contribution in [-0.2, 0) is 6.54 Å². The lowest BCUT2D eigenvalue weighted by Crippen LogP contribution is -2.38. The van der Waals surface area contributed by atoms with Gasteiger partial charge in [-0.2, -0.15) is 0 Å². The molecule has 5 heteroatoms. The zero-order valence-corrected chi connectivity index (χ0v) is 11.7. The van der Waals surface area contributed by atoms with Crippen LogP contribution in [-0.4, -0.2) is 26.5 Å². The quantitative estimate of drug-likeness (QED) is 0.862. The van der Waals surface area contributed by atoms with Crippen LogP contribution < -0.4 is 0 Å². The van der Waals surface area contributed by atoms with Crippen molar-refractivity contribution < 1.29 is 4.79 Å². The zero-order chi connectivity index (χ0) is 13.8. The Balaban J connectivity index is 2.17. The lowest BCUT2D eigenvalue weighted by atomic mass is 10.2. The third-order valence-corrected chi connectivity index (χ3v) is 3.11. The van der Waals surface area contributed by atoms with Gasteiger partial charge in [0.25, 0.3) is 0 Å². The van der Waals surface area contributed by atoms with Crippen molar-refractivity contribution >= 4 is 17.6 Å². The summed E-state index contributed by atoms with van der Waals surface area (Å²) in [5, 5.41) is 0.695. The minimum atomic E-state index is -0.0811. The molecule has 100 valence electrons. The van der Waals surface area contributed by atoms with Gasteiger partial charge in [-0.3, -0.25) is 4.57 Å². The highest BCUT2D eigenvalue weighted by molar-refractivity contribution is 6.30. The Morgan fingerprint density at radius 1 is 1.37 bits per heavy atom. The lowest BCUT2D eigenvalue weighted by molar-refractivity contribution is 0.181. The maximum absolute atomic E-state index is 12.3. The Kier molecular flexibility index (Phi) is 4.22. The van der Waals surface area contributed by atoms with Crippen LogP contribution in [0.25, 0.3) is 0 Å². The Hall–Kier alpha value is -1.81. The third kappa shape index (κ3) is 3.35. The largest absolute Gasteiger partial charge is 0.329 e. The SMILES string of the molecule is CC(C)N(Cc1ccc(Cl)cc1)C(=O)n1ccnc1. The number of rotatable bonds is 3. The first-order chi connectivity index (χ1) is 9.08. The van der Waals surface area contributed by atoms with Gasteiger partial charge in [-0.25, -0.2) is 9.78 Å². The number of benzene rings is 1. The van der Waals surface area contributed by atoms with E-state index in [-0.39, 0.29) is 12.1 Å². The van der Waals surface area contributed by atoms with Crippen LogP contribution >= 0.6 is 11.6 Å². The summed E-state index contributed by atoms with van der Waals surface area (Å²) < 4.78 is 1.48. The fourth-order valence-electron chi connectivity index (χ4n) is 1.78. The van der Waals surface area contributed by atoms with Crippen molar-refractivity contribution in [2.75, 3.05) is 0 Å². The van der Waals surface area contributed by atoms with Crippen LogP contribution in [0.5, 0.6) is 0 Å². The van der Waals surface area contributed by atoms with Crippen molar-refractivity contribution in [1.82, 2.24) is 14.5 Å². The molecule has 4 nitrogen and oxygen atoms in total. The second kappa shape index (κ2) is 5.89. The van der Waals surface area contributed by atoms with Crippen LogP contribution in [0.4, 0.5) is 4.79 Å². The van der Waals surface area contributed by atoms with Gasteiger partial charge >= 0.3 is 6.03 Å². The second-order valence-electron chi connectivity index (χ2n) is 4.60. The summed E-state index contributed by atoms with van der Waals surface area (Å²) in [5.74, 6) is 0. The van der Waals surface area contributed by atoms with E-state index in [2.05, 4.69) is 4.98 Å². The molecule has 0 N–H and O–H groups in total. The summed E-state index contributed by atoms with van der Waals surface area (Å²) in [6, 6.07) is 7.54. The van der Waals surface area contributed by atoms with E-state index in [1.54, 1.807) is 17.3 Å². The third-order valence-electron chi connectivity index (χ3n) is 2.86. The monoisotopic (exact) mass is 277 g/mol. The molecule has 0 saturated heterocycles. The van der Waals surface area contributed by atoms with E-state index in [1.165, 1.54) is 10.9 Å². The normalized spacial score (nSPS) is 10.7. The summed E-state index contributed by atoms with van der Waals surface area (Å²) >= 11 is 5.86. The molecule has 0 bridgehead atoms. The molecule has 1 heterocycles. The average Bonchev–Trinajstić information content (AvgIpc) is 2.91. The molecule has 0 radical (unpaired) electrons. The molecule has 2 rings (SSSR count). The molecule has 0 unspecified atom stereocenters. The predicted octanol–water partition coefficient (Wildman–Crippen LogP) is 3.42. The molecule has 0 fully saturated rings. The molecule has 0 atom stereocenters. The lowest BCUT2D eigenvalue weighted by Gasteiger charge is -2.26. The van der Waals surface area contributed by atoms with Gasteiger partial charge in [-0.05, 0) is 31.5 Å².